The molecule has 2 N–H and O–H groups in total. The number of hydrogen-bond donors (Lipinski definition) is 2. The van der Waals surface area contributed by atoms with E-state index in [1.807, 2.05) is 0 Å². The van der Waals surface area contributed by atoms with Gasteiger partial charge in [0.15, 0.2) is 6.10 Å². The van der Waals surface area contributed by atoms with Crippen LogP contribution in [0.5, 0.6) is 0 Å². The van der Waals surface area contributed by atoms with E-state index in [-0.39, 0.29) is 12.2 Å². The van der Waals surface area contributed by atoms with Crippen LogP contribution >= 0.6 is 0 Å². The Balaban J connectivity index is 1.51. The molecule has 1 amide bonds. The molecule has 30 heavy (non-hydrogen) atoms. The van der Waals surface area contributed by atoms with E-state index < -0.39 is 54.1 Å². The number of aromatic amines is 1. The normalized spacial score (nSPS) is 23.3. The molecule has 10 heteroatoms. The molecule has 2 unspecified atom stereocenters. The molecular formula is C20H16F4N4O2. The third-order valence-electron chi connectivity index (χ3n) is 5.65. The van der Waals surface area contributed by atoms with Gasteiger partial charge in [-0.3, -0.25) is 9.69 Å². The molecule has 2 aliphatic heterocycles. The maximum Gasteiger partial charge on any atom is 0.266 e. The lowest BCUT2D eigenvalue weighted by Gasteiger charge is -2.44. The number of rotatable bonds is 3. The van der Waals surface area contributed by atoms with Crippen LogP contribution in [0.15, 0.2) is 36.7 Å². The molecule has 156 valence electrons. The lowest BCUT2D eigenvalue weighted by atomic mass is 9.89. The van der Waals surface area contributed by atoms with Crippen molar-refractivity contribution in [3.63, 3.8) is 0 Å². The number of nitrogens with one attached hydrogen (secondary N) is 1. The standard InChI is InChI=1S/C20H16F4N4O2/c21-12-5-11(27-4-3-20(23,24)8-27)6-13(22)16(12)17-18(29)19(30)28(17)10-1-2-14-15(7-10)26-9-25-14/h1-2,5-7,9,17-18,29H,3-4,8H2,(H,25,26). The maximum absolute atomic E-state index is 14.9. The maximum atomic E-state index is 14.9. The second-order valence-electron chi connectivity index (χ2n) is 7.55. The fourth-order valence-electron chi connectivity index (χ4n) is 4.11. The zero-order chi connectivity index (χ0) is 21.2. The van der Waals surface area contributed by atoms with Gasteiger partial charge >= 0.3 is 0 Å². The molecule has 1 aromatic heterocycles. The number of imidazole rings is 1. The van der Waals surface area contributed by atoms with Crippen LogP contribution in [0.2, 0.25) is 0 Å². The SMILES string of the molecule is O=C1C(O)C(c2c(F)cc(N3CCC(F)(F)C3)cc2F)N1c1ccc2[nH]cnc2c1. The summed E-state index contributed by atoms with van der Waals surface area (Å²) in [5, 5.41) is 10.2. The van der Waals surface area contributed by atoms with Crippen LogP contribution in [-0.4, -0.2) is 46.1 Å². The van der Waals surface area contributed by atoms with E-state index in [0.717, 1.165) is 17.0 Å². The number of benzene rings is 2. The molecule has 0 radical (unpaired) electrons. The van der Waals surface area contributed by atoms with E-state index in [4.69, 9.17) is 0 Å². The Morgan fingerprint density at radius 1 is 1.13 bits per heavy atom. The Morgan fingerprint density at radius 2 is 1.87 bits per heavy atom. The second-order valence-corrected chi connectivity index (χ2v) is 7.55. The van der Waals surface area contributed by atoms with Crippen molar-refractivity contribution in [2.75, 3.05) is 22.9 Å². The molecule has 2 aliphatic rings. The minimum absolute atomic E-state index is 0.00411. The number of β-lactam (4-membered cyclic amide) rings is 1. The highest BCUT2D eigenvalue weighted by molar-refractivity contribution is 6.05. The van der Waals surface area contributed by atoms with E-state index in [9.17, 15) is 27.5 Å². The van der Waals surface area contributed by atoms with E-state index in [1.54, 1.807) is 18.2 Å². The zero-order valence-electron chi connectivity index (χ0n) is 15.4. The Morgan fingerprint density at radius 3 is 2.53 bits per heavy atom. The van der Waals surface area contributed by atoms with Gasteiger partial charge in [0.25, 0.3) is 11.8 Å². The Hall–Kier alpha value is -3.14. The summed E-state index contributed by atoms with van der Waals surface area (Å²) in [6, 6.07) is 5.46. The molecule has 3 heterocycles. The van der Waals surface area contributed by atoms with Gasteiger partial charge in [-0.2, -0.15) is 0 Å². The number of aliphatic hydroxyl groups excluding tert-OH is 1. The second kappa shape index (κ2) is 6.43. The molecule has 0 saturated carbocycles. The first kappa shape index (κ1) is 18.9. The topological polar surface area (TPSA) is 72.5 Å². The van der Waals surface area contributed by atoms with E-state index >= 15 is 0 Å². The smallest absolute Gasteiger partial charge is 0.266 e. The molecule has 0 aliphatic carbocycles. The van der Waals surface area contributed by atoms with Gasteiger partial charge in [-0.15, -0.1) is 0 Å². The van der Waals surface area contributed by atoms with Crippen molar-refractivity contribution in [1.82, 2.24) is 9.97 Å². The molecule has 2 atom stereocenters. The first-order valence-corrected chi connectivity index (χ1v) is 9.31. The first-order valence-electron chi connectivity index (χ1n) is 9.31. The number of nitrogens with zero attached hydrogens (tertiary/aromatic N) is 3. The van der Waals surface area contributed by atoms with Crippen molar-refractivity contribution in [2.45, 2.75) is 24.5 Å². The van der Waals surface area contributed by atoms with Gasteiger partial charge in [-0.05, 0) is 30.3 Å². The van der Waals surface area contributed by atoms with Crippen LogP contribution in [0.4, 0.5) is 28.9 Å². The van der Waals surface area contributed by atoms with Crippen molar-refractivity contribution in [3.8, 4) is 0 Å². The summed E-state index contributed by atoms with van der Waals surface area (Å²) in [6.07, 6.45) is -0.540. The molecule has 2 aromatic carbocycles. The number of fused-ring (bicyclic) bond motifs is 1. The van der Waals surface area contributed by atoms with Crippen molar-refractivity contribution in [3.05, 3.63) is 53.9 Å². The summed E-state index contributed by atoms with van der Waals surface area (Å²) in [7, 11) is 0. The highest BCUT2D eigenvalue weighted by Crippen LogP contribution is 2.43. The molecule has 0 spiro atoms. The van der Waals surface area contributed by atoms with Gasteiger partial charge < -0.3 is 15.0 Å². The summed E-state index contributed by atoms with van der Waals surface area (Å²) in [4.78, 5) is 21.6. The molecule has 3 aromatic rings. The predicted octanol–water partition coefficient (Wildman–Crippen LogP) is 3.14. The highest BCUT2D eigenvalue weighted by Gasteiger charge is 2.50. The van der Waals surface area contributed by atoms with Crippen molar-refractivity contribution in [1.29, 1.82) is 0 Å². The number of hydrogen-bond acceptors (Lipinski definition) is 4. The van der Waals surface area contributed by atoms with E-state index in [2.05, 4.69) is 9.97 Å². The summed E-state index contributed by atoms with van der Waals surface area (Å²) in [5.74, 6) is -5.63. The number of anilines is 2. The fourth-order valence-corrected chi connectivity index (χ4v) is 4.11. The van der Waals surface area contributed by atoms with E-state index in [1.165, 1.54) is 11.2 Å². The molecule has 2 fully saturated rings. The third kappa shape index (κ3) is 2.82. The van der Waals surface area contributed by atoms with Crippen molar-refractivity contribution < 1.29 is 27.5 Å². The fraction of sp³-hybridized carbons (Fsp3) is 0.300. The average molecular weight is 420 g/mol. The summed E-state index contributed by atoms with van der Waals surface area (Å²) >= 11 is 0. The van der Waals surface area contributed by atoms with Crippen LogP contribution < -0.4 is 9.80 Å². The lowest BCUT2D eigenvalue weighted by Crippen LogP contribution is -2.59. The van der Waals surface area contributed by atoms with Crippen LogP contribution in [0.3, 0.4) is 0 Å². The summed E-state index contributed by atoms with van der Waals surface area (Å²) in [5.41, 5.74) is 1.10. The molecular weight excluding hydrogens is 404 g/mol. The number of halogens is 4. The number of amides is 1. The number of H-pyrrole nitrogens is 1. The quantitative estimate of drug-likeness (QED) is 0.505. The van der Waals surface area contributed by atoms with Crippen LogP contribution in [0.25, 0.3) is 11.0 Å². The predicted molar refractivity (Wildman–Crippen MR) is 100 cm³/mol. The number of aliphatic hydroxyl groups is 1. The van der Waals surface area contributed by atoms with Crippen LogP contribution in [0, 0.1) is 11.6 Å². The van der Waals surface area contributed by atoms with Crippen molar-refractivity contribution >= 4 is 28.3 Å². The molecule has 6 nitrogen and oxygen atoms in total. The number of aromatic nitrogens is 2. The average Bonchev–Trinajstić information content (AvgIpc) is 3.31. The van der Waals surface area contributed by atoms with Gasteiger partial charge in [0, 0.05) is 29.9 Å². The summed E-state index contributed by atoms with van der Waals surface area (Å²) in [6.45, 7) is -0.642. The molecule has 5 rings (SSSR count). The lowest BCUT2D eigenvalue weighted by molar-refractivity contribution is -0.137. The Labute approximate surface area is 167 Å². The van der Waals surface area contributed by atoms with Gasteiger partial charge in [0.1, 0.15) is 17.7 Å². The minimum Gasteiger partial charge on any atom is -0.381 e. The largest absolute Gasteiger partial charge is 0.381 e. The van der Waals surface area contributed by atoms with Gasteiger partial charge in [-0.25, -0.2) is 22.5 Å². The Kier molecular flexibility index (Phi) is 4.04. The van der Waals surface area contributed by atoms with Crippen LogP contribution in [-0.2, 0) is 4.79 Å². The van der Waals surface area contributed by atoms with E-state index in [0.29, 0.717) is 16.7 Å². The van der Waals surface area contributed by atoms with Crippen molar-refractivity contribution in [2.24, 2.45) is 0 Å². The summed E-state index contributed by atoms with van der Waals surface area (Å²) < 4.78 is 56.7. The monoisotopic (exact) mass is 420 g/mol. The van der Waals surface area contributed by atoms with Gasteiger partial charge in [-0.1, -0.05) is 0 Å². The van der Waals surface area contributed by atoms with Gasteiger partial charge in [0.05, 0.1) is 23.9 Å². The first-order chi connectivity index (χ1) is 14.2. The Bertz CT molecular complexity index is 1140. The third-order valence-corrected chi connectivity index (χ3v) is 5.65. The van der Waals surface area contributed by atoms with Gasteiger partial charge in [0.2, 0.25) is 0 Å². The molecule has 0 bridgehead atoms. The highest BCUT2D eigenvalue weighted by atomic mass is 19.3. The van der Waals surface area contributed by atoms with Crippen LogP contribution in [0.1, 0.15) is 18.0 Å². The zero-order valence-corrected chi connectivity index (χ0v) is 15.4. The molecule has 2 saturated heterocycles. The number of alkyl halides is 2. The number of carbonyl (C=O) groups is 1. The number of carbonyl (C=O) groups excluding carboxylic acids is 1. The minimum atomic E-state index is -2.91.